The third-order valence-electron chi connectivity index (χ3n) is 0. The molecule has 0 rings (SSSR count). The van der Waals surface area contributed by atoms with E-state index < -0.39 is 0 Å². The van der Waals surface area contributed by atoms with Gasteiger partial charge in [-0.15, -0.1) is 0 Å². The Labute approximate surface area is 95.5 Å². The minimum atomic E-state index is 0. The summed E-state index contributed by atoms with van der Waals surface area (Å²) in [5.74, 6) is 0. The van der Waals surface area contributed by atoms with Crippen molar-refractivity contribution in [1.82, 2.24) is 0 Å². The van der Waals surface area contributed by atoms with Crippen molar-refractivity contribution in [2.75, 3.05) is 0 Å². The van der Waals surface area contributed by atoms with Crippen molar-refractivity contribution in [2.24, 2.45) is 0 Å². The molecule has 1 radical (unpaired) electrons. The van der Waals surface area contributed by atoms with E-state index in [1.54, 1.807) is 0 Å². The molecule has 3 heteroatoms. The molecule has 0 aromatic rings. The number of rotatable bonds is 0. The van der Waals surface area contributed by atoms with Crippen molar-refractivity contribution in [1.29, 1.82) is 0 Å². The largest absolute Gasteiger partial charge is 4.00 e. The SMILES string of the molecule is C.O.[CH3-].[CH3-].[CH3-].[CH3-].[Pt+4].[Y]. The summed E-state index contributed by atoms with van der Waals surface area (Å²) in [4.78, 5) is 0. The van der Waals surface area contributed by atoms with E-state index in [-0.39, 0.29) is 96.4 Å². The van der Waals surface area contributed by atoms with Crippen molar-refractivity contribution in [2.45, 2.75) is 7.43 Å². The van der Waals surface area contributed by atoms with Gasteiger partial charge in [-0.25, -0.2) is 0 Å². The average molecular weight is 378 g/mol. The molecule has 0 amide bonds. The summed E-state index contributed by atoms with van der Waals surface area (Å²) in [6, 6.07) is 0. The zero-order valence-corrected chi connectivity index (χ0v) is 10.5. The normalized spacial score (nSPS) is 0. The van der Waals surface area contributed by atoms with Crippen LogP contribution in [0.25, 0.3) is 0 Å². The third kappa shape index (κ3) is 115. The van der Waals surface area contributed by atoms with Crippen LogP contribution in [0.2, 0.25) is 0 Å². The zero-order chi connectivity index (χ0) is 0. The Morgan fingerprint density at radius 2 is 0.625 bits per heavy atom. The van der Waals surface area contributed by atoms with E-state index in [4.69, 9.17) is 0 Å². The van der Waals surface area contributed by atoms with Crippen LogP contribution < -0.4 is 0 Å². The molecule has 0 aromatic heterocycles. The Kier molecular flexibility index (Phi) is 5210. The van der Waals surface area contributed by atoms with Gasteiger partial charge in [0.2, 0.25) is 0 Å². The van der Waals surface area contributed by atoms with Crippen LogP contribution in [0, 0.1) is 29.7 Å². The maximum Gasteiger partial charge on any atom is 4.00 e. The van der Waals surface area contributed by atoms with Gasteiger partial charge >= 0.3 is 21.1 Å². The molecule has 0 bridgehead atoms. The van der Waals surface area contributed by atoms with Gasteiger partial charge in [-0.05, 0) is 0 Å². The second-order valence-corrected chi connectivity index (χ2v) is 0. The molecule has 0 atom stereocenters. The Hall–Kier alpha value is 1.75. The van der Waals surface area contributed by atoms with Crippen molar-refractivity contribution in [3.63, 3.8) is 0 Å². The van der Waals surface area contributed by atoms with Gasteiger partial charge in [0.05, 0.1) is 0 Å². The van der Waals surface area contributed by atoms with Gasteiger partial charge in [0, 0.05) is 32.7 Å². The van der Waals surface area contributed by atoms with Crippen LogP contribution in [-0.4, -0.2) is 5.48 Å². The first-order valence-corrected chi connectivity index (χ1v) is 0. The Balaban J connectivity index is 0. The van der Waals surface area contributed by atoms with Gasteiger partial charge in [0.1, 0.15) is 0 Å². The van der Waals surface area contributed by atoms with Gasteiger partial charge in [0.25, 0.3) is 0 Å². The first-order valence-electron chi connectivity index (χ1n) is 0. The molecule has 0 heterocycles. The predicted molar refractivity (Wildman–Crippen MR) is 36.0 cm³/mol. The fourth-order valence-corrected chi connectivity index (χ4v) is 0. The average Bonchev–Trinajstić information content (AvgIpc) is 0. The van der Waals surface area contributed by atoms with E-state index in [1.807, 2.05) is 0 Å². The van der Waals surface area contributed by atoms with Gasteiger partial charge in [-0.2, -0.15) is 0 Å². The molecule has 0 fully saturated rings. The summed E-state index contributed by atoms with van der Waals surface area (Å²) in [5.41, 5.74) is 0. The van der Waals surface area contributed by atoms with Gasteiger partial charge in [-0.1, -0.05) is 7.43 Å². The molecule has 0 aromatic carbocycles. The van der Waals surface area contributed by atoms with Gasteiger partial charge in [0.15, 0.2) is 0 Å². The second-order valence-electron chi connectivity index (χ2n) is 0. The fourth-order valence-electron chi connectivity index (χ4n) is 0. The zero-order valence-electron chi connectivity index (χ0n) is 5.39. The molecule has 0 aliphatic rings. The standard InChI is InChI=1S/CH4.4CH3.H2O.Pt.Y/h1H4;4*1H3;1H2;;/q;4*-1;;+4;. The molecule has 0 aliphatic heterocycles. The molecule has 0 saturated heterocycles. The maximum absolute atomic E-state index is 0. The minimum absolute atomic E-state index is 0. The van der Waals surface area contributed by atoms with E-state index in [1.165, 1.54) is 0 Å². The van der Waals surface area contributed by atoms with Gasteiger partial charge < -0.3 is 35.2 Å². The summed E-state index contributed by atoms with van der Waals surface area (Å²) >= 11 is 0. The van der Waals surface area contributed by atoms with Crippen molar-refractivity contribution in [3.05, 3.63) is 29.7 Å². The molecule has 8 heavy (non-hydrogen) atoms. The van der Waals surface area contributed by atoms with Crippen molar-refractivity contribution < 1.29 is 59.3 Å². The van der Waals surface area contributed by atoms with Crippen LogP contribution in [0.3, 0.4) is 0 Å². The van der Waals surface area contributed by atoms with Crippen molar-refractivity contribution in [3.8, 4) is 0 Å². The number of hydrogen-bond acceptors (Lipinski definition) is 0. The monoisotopic (exact) mass is 378 g/mol. The molecule has 0 spiro atoms. The fraction of sp³-hybridized carbons (Fsp3) is 0.200. The van der Waals surface area contributed by atoms with Crippen LogP contribution in [-0.2, 0) is 53.8 Å². The molecular weight excluding hydrogens is 360 g/mol. The van der Waals surface area contributed by atoms with Crippen LogP contribution in [0.15, 0.2) is 0 Å². The predicted octanol–water partition coefficient (Wildman–Crippen LogP) is 1.61. The molecule has 1 nitrogen and oxygen atoms in total. The summed E-state index contributed by atoms with van der Waals surface area (Å²) in [6.07, 6.45) is 0. The first-order chi connectivity index (χ1) is 0. The summed E-state index contributed by atoms with van der Waals surface area (Å²) in [7, 11) is 0. The molecular formula is C5H18OPtY. The Bertz CT molecular complexity index is 12.4. The van der Waals surface area contributed by atoms with Crippen LogP contribution in [0.4, 0.5) is 0 Å². The van der Waals surface area contributed by atoms with Crippen LogP contribution >= 0.6 is 0 Å². The summed E-state index contributed by atoms with van der Waals surface area (Å²) in [5, 5.41) is 0. The van der Waals surface area contributed by atoms with E-state index in [9.17, 15) is 0 Å². The molecule has 57 valence electrons. The van der Waals surface area contributed by atoms with Gasteiger partial charge in [-0.3, -0.25) is 0 Å². The van der Waals surface area contributed by atoms with E-state index in [0.717, 1.165) is 0 Å². The topological polar surface area (TPSA) is 31.5 Å². The second kappa shape index (κ2) is 171. The maximum atomic E-state index is 0. The van der Waals surface area contributed by atoms with Crippen LogP contribution in [0.5, 0.6) is 0 Å². The molecule has 2 N–H and O–H groups in total. The van der Waals surface area contributed by atoms with Crippen molar-refractivity contribution >= 4 is 0 Å². The molecule has 0 aliphatic carbocycles. The van der Waals surface area contributed by atoms with E-state index >= 15 is 0 Å². The van der Waals surface area contributed by atoms with Crippen LogP contribution in [0.1, 0.15) is 7.43 Å². The smallest absolute Gasteiger partial charge is 0.412 e. The quantitative estimate of drug-likeness (QED) is 0.574. The molecule has 0 unspecified atom stereocenters. The third-order valence-corrected chi connectivity index (χ3v) is 0. The Morgan fingerprint density at radius 1 is 0.625 bits per heavy atom. The van der Waals surface area contributed by atoms with E-state index in [2.05, 4.69) is 0 Å². The van der Waals surface area contributed by atoms with E-state index in [0.29, 0.717) is 0 Å². The molecule has 0 saturated carbocycles. The Morgan fingerprint density at radius 3 is 0.625 bits per heavy atom. The minimum Gasteiger partial charge on any atom is -0.412 e. The summed E-state index contributed by atoms with van der Waals surface area (Å²) < 4.78 is 0. The first kappa shape index (κ1) is 243. The number of hydrogen-bond donors (Lipinski definition) is 0. The summed E-state index contributed by atoms with van der Waals surface area (Å²) in [6.45, 7) is 0.